The molecule has 0 aromatic heterocycles. The summed E-state index contributed by atoms with van der Waals surface area (Å²) in [7, 11) is 10.2. The van der Waals surface area contributed by atoms with E-state index in [2.05, 4.69) is 114 Å². The number of anilines is 1. The number of benzene rings is 2. The molecule has 48 heavy (non-hydrogen) atoms. The Hall–Kier alpha value is -2.65. The van der Waals surface area contributed by atoms with Gasteiger partial charge in [0.05, 0.1) is 19.8 Å². The van der Waals surface area contributed by atoms with Crippen molar-refractivity contribution < 1.29 is 14.4 Å². The number of hydrogen-bond donors (Lipinski definition) is 2. The van der Waals surface area contributed by atoms with Crippen LogP contribution in [0.15, 0.2) is 36.4 Å². The molecule has 7 atom stereocenters. The molecule has 3 saturated carbocycles. The molecule has 1 saturated heterocycles. The van der Waals surface area contributed by atoms with Crippen LogP contribution in [-0.4, -0.2) is 82.4 Å². The highest BCUT2D eigenvalue weighted by molar-refractivity contribution is 5.83. The van der Waals surface area contributed by atoms with E-state index in [0.717, 1.165) is 54.7 Å². The van der Waals surface area contributed by atoms with Crippen molar-refractivity contribution in [3.8, 4) is 16.9 Å². The van der Waals surface area contributed by atoms with Gasteiger partial charge in [0.15, 0.2) is 0 Å². The summed E-state index contributed by atoms with van der Waals surface area (Å²) >= 11 is 0. The molecular weight excluding hydrogens is 598 g/mol. The predicted molar refractivity (Wildman–Crippen MR) is 197 cm³/mol. The second-order valence-corrected chi connectivity index (χ2v) is 16.3. The molecule has 4 fully saturated rings. The fourth-order valence-corrected chi connectivity index (χ4v) is 9.08. The van der Waals surface area contributed by atoms with Crippen LogP contribution in [0.4, 0.5) is 5.69 Å². The molecule has 1 heterocycles. The summed E-state index contributed by atoms with van der Waals surface area (Å²) in [5.41, 5.74) is 12.3. The standard InChI is InChI=1S/C40H63N5O3/c1-25(2)36-35(23-41)48-45(37(36)39(46)42-34-22-30-21-33(26(34)3)40(30,4)5)24-28-15-13-16-32(38(28)47-10)29-18-27(14-11-12-17-43(6)7)19-31(20-29)44(8)9/h13,15-16,18-20,25-26,30,33-37H,11-12,14,17,21-24,41H2,1-10H3,(H,42,46)/t26-,30+,33+,34-,35-,36-,37-/m0/s1. The van der Waals surface area contributed by atoms with Crippen LogP contribution in [0.1, 0.15) is 71.4 Å². The summed E-state index contributed by atoms with van der Waals surface area (Å²) in [6.07, 6.45) is 5.44. The Kier molecular flexibility index (Phi) is 11.5. The van der Waals surface area contributed by atoms with Crippen LogP contribution in [0.25, 0.3) is 11.1 Å². The Morgan fingerprint density at radius 3 is 2.48 bits per heavy atom. The second-order valence-electron chi connectivity index (χ2n) is 16.3. The van der Waals surface area contributed by atoms with E-state index < -0.39 is 6.04 Å². The number of unbranched alkanes of at least 4 members (excludes halogenated alkanes) is 1. The number of rotatable bonds is 14. The van der Waals surface area contributed by atoms with Crippen LogP contribution < -0.4 is 20.7 Å². The fraction of sp³-hybridized carbons (Fsp3) is 0.675. The van der Waals surface area contributed by atoms with Crippen LogP contribution in [0.3, 0.4) is 0 Å². The number of para-hydroxylation sites is 1. The van der Waals surface area contributed by atoms with Crippen molar-refractivity contribution in [2.45, 2.75) is 91.5 Å². The number of carbonyl (C=O) groups excluding carboxylic acids is 1. The van der Waals surface area contributed by atoms with Crippen molar-refractivity contribution >= 4 is 11.6 Å². The molecule has 3 N–H and O–H groups in total. The average Bonchev–Trinajstić information content (AvgIpc) is 3.42. The lowest BCUT2D eigenvalue weighted by Crippen LogP contribution is -2.62. The van der Waals surface area contributed by atoms with Crippen LogP contribution in [0, 0.1) is 35.0 Å². The molecule has 8 nitrogen and oxygen atoms in total. The lowest BCUT2D eigenvalue weighted by Gasteiger charge is -2.62. The van der Waals surface area contributed by atoms with Gasteiger partial charge < -0.3 is 25.6 Å². The number of amides is 1. The number of methoxy groups -OCH3 is 1. The summed E-state index contributed by atoms with van der Waals surface area (Å²) in [4.78, 5) is 25.3. The number of nitrogens with zero attached hydrogens (tertiary/aromatic N) is 3. The van der Waals surface area contributed by atoms with E-state index in [1.807, 2.05) is 5.06 Å². The lowest BCUT2D eigenvalue weighted by molar-refractivity contribution is -0.175. The Balaban J connectivity index is 1.42. The maximum atomic E-state index is 14.3. The third kappa shape index (κ3) is 7.42. The van der Waals surface area contributed by atoms with Gasteiger partial charge in [0.25, 0.3) is 0 Å². The minimum atomic E-state index is -0.434. The quantitative estimate of drug-likeness (QED) is 0.233. The number of aryl methyl sites for hydroxylation is 1. The van der Waals surface area contributed by atoms with Crippen LogP contribution >= 0.6 is 0 Å². The van der Waals surface area contributed by atoms with Gasteiger partial charge in [-0.1, -0.05) is 58.9 Å². The van der Waals surface area contributed by atoms with E-state index in [9.17, 15) is 4.79 Å². The summed E-state index contributed by atoms with van der Waals surface area (Å²) in [5.74, 6) is 2.89. The Bertz CT molecular complexity index is 1410. The van der Waals surface area contributed by atoms with Gasteiger partial charge in [-0.25, -0.2) is 0 Å². The first kappa shape index (κ1) is 36.6. The predicted octanol–water partition coefficient (Wildman–Crippen LogP) is 6.21. The van der Waals surface area contributed by atoms with Crippen molar-refractivity contribution in [1.82, 2.24) is 15.3 Å². The Morgan fingerprint density at radius 2 is 1.88 bits per heavy atom. The van der Waals surface area contributed by atoms with E-state index >= 15 is 0 Å². The molecule has 0 unspecified atom stereocenters. The van der Waals surface area contributed by atoms with Crippen molar-refractivity contribution in [2.24, 2.45) is 40.7 Å². The molecule has 2 aromatic rings. The van der Waals surface area contributed by atoms with Gasteiger partial charge in [0.1, 0.15) is 11.8 Å². The number of nitrogens with two attached hydrogens (primary N) is 1. The first-order valence-corrected chi connectivity index (χ1v) is 18.3. The van der Waals surface area contributed by atoms with Gasteiger partial charge in [-0.2, -0.15) is 5.06 Å². The smallest absolute Gasteiger partial charge is 0.240 e. The molecule has 6 rings (SSSR count). The Morgan fingerprint density at radius 1 is 1.12 bits per heavy atom. The first-order valence-electron chi connectivity index (χ1n) is 18.3. The van der Waals surface area contributed by atoms with Crippen molar-refractivity contribution in [3.63, 3.8) is 0 Å². The molecule has 3 aliphatic carbocycles. The first-order chi connectivity index (χ1) is 22.8. The van der Waals surface area contributed by atoms with Crippen molar-refractivity contribution in [1.29, 1.82) is 0 Å². The highest BCUT2D eigenvalue weighted by Crippen LogP contribution is 2.61. The lowest BCUT2D eigenvalue weighted by atomic mass is 9.45. The van der Waals surface area contributed by atoms with Gasteiger partial charge in [0.2, 0.25) is 5.91 Å². The number of fused-ring (bicyclic) bond motifs is 2. The highest BCUT2D eigenvalue weighted by Gasteiger charge is 2.57. The molecule has 4 aliphatic rings. The van der Waals surface area contributed by atoms with E-state index in [1.54, 1.807) is 7.11 Å². The third-order valence-electron chi connectivity index (χ3n) is 12.1. The summed E-state index contributed by atoms with van der Waals surface area (Å²) < 4.78 is 6.17. The molecule has 8 heteroatoms. The zero-order chi connectivity index (χ0) is 34.9. The molecule has 0 spiro atoms. The van der Waals surface area contributed by atoms with Crippen LogP contribution in [-0.2, 0) is 22.6 Å². The van der Waals surface area contributed by atoms with Crippen LogP contribution in [0.2, 0.25) is 0 Å². The summed E-state index contributed by atoms with van der Waals surface area (Å²) in [6.45, 7) is 13.4. The third-order valence-corrected chi connectivity index (χ3v) is 12.1. The number of hydrogen-bond acceptors (Lipinski definition) is 7. The number of carbonyl (C=O) groups is 1. The molecule has 1 amide bonds. The fourth-order valence-electron chi connectivity index (χ4n) is 9.08. The van der Waals surface area contributed by atoms with E-state index in [4.69, 9.17) is 15.3 Å². The largest absolute Gasteiger partial charge is 0.496 e. The Labute approximate surface area is 290 Å². The maximum Gasteiger partial charge on any atom is 0.240 e. The number of ether oxygens (including phenoxy) is 1. The number of hydroxylamine groups is 2. The van der Waals surface area contributed by atoms with Gasteiger partial charge in [0, 0.05) is 49.4 Å². The van der Waals surface area contributed by atoms with Gasteiger partial charge in [-0.3, -0.25) is 9.63 Å². The summed E-state index contributed by atoms with van der Waals surface area (Å²) in [6, 6.07) is 12.9. The highest BCUT2D eigenvalue weighted by atomic mass is 16.7. The topological polar surface area (TPSA) is 83.3 Å². The monoisotopic (exact) mass is 661 g/mol. The summed E-state index contributed by atoms with van der Waals surface area (Å²) in [5, 5.41) is 5.44. The van der Waals surface area contributed by atoms with E-state index in [0.29, 0.717) is 36.3 Å². The molecule has 2 bridgehead atoms. The molecule has 2 aromatic carbocycles. The van der Waals surface area contributed by atoms with Gasteiger partial charge in [-0.05, 0) is 105 Å². The maximum absolute atomic E-state index is 14.3. The average molecular weight is 662 g/mol. The molecular formula is C40H63N5O3. The zero-order valence-electron chi connectivity index (χ0n) is 31.4. The zero-order valence-corrected chi connectivity index (χ0v) is 31.4. The molecule has 266 valence electrons. The molecule has 1 aliphatic heterocycles. The van der Waals surface area contributed by atoms with E-state index in [1.165, 1.54) is 17.7 Å². The van der Waals surface area contributed by atoms with Crippen LogP contribution in [0.5, 0.6) is 5.75 Å². The van der Waals surface area contributed by atoms with Gasteiger partial charge in [-0.15, -0.1) is 0 Å². The van der Waals surface area contributed by atoms with E-state index in [-0.39, 0.29) is 29.9 Å². The normalized spacial score (nSPS) is 28.1. The minimum Gasteiger partial charge on any atom is -0.496 e. The second kappa shape index (κ2) is 15.1. The minimum absolute atomic E-state index is 0.0131. The van der Waals surface area contributed by atoms with Crippen molar-refractivity contribution in [2.75, 3.05) is 53.3 Å². The van der Waals surface area contributed by atoms with Crippen molar-refractivity contribution in [3.05, 3.63) is 47.5 Å². The number of nitrogens with one attached hydrogen (secondary N) is 1. The van der Waals surface area contributed by atoms with Gasteiger partial charge >= 0.3 is 0 Å². The molecule has 0 radical (unpaired) electrons. The SMILES string of the molecule is COc1c(CN2O[C@@H](CN)[C@H](C(C)C)[C@H]2C(=O)N[C@H]2C[C@H]3C[C@H]([C@@H]2C)C3(C)C)cccc1-c1cc(CCCCN(C)C)cc(N(C)C)c1.